The molecule has 4 rings (SSSR count). The lowest BCUT2D eigenvalue weighted by molar-refractivity contribution is -0.115. The highest BCUT2D eigenvalue weighted by Gasteiger charge is 2.17. The number of anilines is 1. The molecule has 4 aromatic rings. The van der Waals surface area contributed by atoms with Crippen LogP contribution in [0.5, 0.6) is 0 Å². The Labute approximate surface area is 180 Å². The maximum absolute atomic E-state index is 12.9. The van der Waals surface area contributed by atoms with Crippen LogP contribution in [0.15, 0.2) is 77.0 Å². The quantitative estimate of drug-likeness (QED) is 0.500. The normalized spacial score (nSPS) is 10.9. The van der Waals surface area contributed by atoms with E-state index in [1.165, 1.54) is 11.8 Å². The summed E-state index contributed by atoms with van der Waals surface area (Å²) >= 11 is 1.52. The van der Waals surface area contributed by atoms with E-state index in [1.54, 1.807) is 6.20 Å². The molecule has 152 valence electrons. The third kappa shape index (κ3) is 4.16. The number of amides is 1. The molecule has 2 aromatic carbocycles. The van der Waals surface area contributed by atoms with E-state index in [0.717, 1.165) is 38.4 Å². The maximum Gasteiger partial charge on any atom is 0.228 e. The van der Waals surface area contributed by atoms with Gasteiger partial charge in [-0.25, -0.2) is 9.67 Å². The lowest BCUT2D eigenvalue weighted by atomic mass is 10.1. The molecule has 6 nitrogen and oxygen atoms in total. The van der Waals surface area contributed by atoms with Crippen LogP contribution in [0.2, 0.25) is 0 Å². The maximum atomic E-state index is 12.9. The molecule has 0 spiro atoms. The SMILES string of the molecule is Cc1nn(-c2ccccc2)c(C)c1CC(=O)Nc1ccccc1Sc1nccn1C. The van der Waals surface area contributed by atoms with Crippen molar-refractivity contribution in [3.63, 3.8) is 0 Å². The average molecular weight is 418 g/mol. The standard InChI is InChI=1S/C23H23N5OS/c1-16-19(17(2)28(26-16)18-9-5-4-6-10-18)15-22(29)25-20-11-7-8-12-21(20)30-23-24-13-14-27(23)3/h4-14H,15H2,1-3H3,(H,25,29). The van der Waals surface area contributed by atoms with Crippen molar-refractivity contribution in [1.29, 1.82) is 0 Å². The van der Waals surface area contributed by atoms with Gasteiger partial charge < -0.3 is 9.88 Å². The van der Waals surface area contributed by atoms with E-state index in [-0.39, 0.29) is 12.3 Å². The highest BCUT2D eigenvalue weighted by Crippen LogP contribution is 2.32. The molecule has 0 aliphatic rings. The summed E-state index contributed by atoms with van der Waals surface area (Å²) in [6.45, 7) is 3.94. The lowest BCUT2D eigenvalue weighted by Crippen LogP contribution is -2.16. The van der Waals surface area contributed by atoms with Crippen molar-refractivity contribution in [2.75, 3.05) is 5.32 Å². The zero-order chi connectivity index (χ0) is 21.1. The van der Waals surface area contributed by atoms with Crippen LogP contribution < -0.4 is 5.32 Å². The van der Waals surface area contributed by atoms with Crippen molar-refractivity contribution in [1.82, 2.24) is 19.3 Å². The fraction of sp³-hybridized carbons (Fsp3) is 0.174. The number of carbonyl (C=O) groups excluding carboxylic acids is 1. The van der Waals surface area contributed by atoms with E-state index < -0.39 is 0 Å². The Balaban J connectivity index is 1.53. The molecule has 1 N–H and O–H groups in total. The topological polar surface area (TPSA) is 64.7 Å². The van der Waals surface area contributed by atoms with Gasteiger partial charge in [-0.2, -0.15) is 5.10 Å². The molecule has 0 atom stereocenters. The molecule has 30 heavy (non-hydrogen) atoms. The highest BCUT2D eigenvalue weighted by atomic mass is 32.2. The number of aryl methyl sites for hydroxylation is 2. The number of rotatable bonds is 6. The molecule has 1 amide bonds. The molecule has 2 heterocycles. The van der Waals surface area contributed by atoms with Crippen LogP contribution in [-0.4, -0.2) is 25.2 Å². The van der Waals surface area contributed by atoms with Crippen LogP contribution in [0.3, 0.4) is 0 Å². The van der Waals surface area contributed by atoms with Gasteiger partial charge >= 0.3 is 0 Å². The molecular formula is C23H23N5OS. The highest BCUT2D eigenvalue weighted by molar-refractivity contribution is 7.99. The molecule has 2 aromatic heterocycles. The van der Waals surface area contributed by atoms with E-state index in [2.05, 4.69) is 15.4 Å². The Morgan fingerprint density at radius 3 is 2.53 bits per heavy atom. The zero-order valence-corrected chi connectivity index (χ0v) is 18.0. The second-order valence-corrected chi connectivity index (χ2v) is 8.05. The molecule has 0 saturated carbocycles. The Kier molecular flexibility index (Phi) is 5.72. The second kappa shape index (κ2) is 8.59. The van der Waals surface area contributed by atoms with Gasteiger partial charge in [0.2, 0.25) is 5.91 Å². The Morgan fingerprint density at radius 1 is 1.07 bits per heavy atom. The van der Waals surface area contributed by atoms with Gasteiger partial charge in [-0.3, -0.25) is 4.79 Å². The zero-order valence-electron chi connectivity index (χ0n) is 17.2. The van der Waals surface area contributed by atoms with Crippen molar-refractivity contribution in [2.45, 2.75) is 30.3 Å². The van der Waals surface area contributed by atoms with Crippen LogP contribution in [0.4, 0.5) is 5.69 Å². The van der Waals surface area contributed by atoms with Gasteiger partial charge in [0.25, 0.3) is 0 Å². The number of para-hydroxylation sites is 2. The summed E-state index contributed by atoms with van der Waals surface area (Å²) < 4.78 is 3.84. The van der Waals surface area contributed by atoms with Crippen molar-refractivity contribution >= 4 is 23.4 Å². The minimum atomic E-state index is -0.0679. The summed E-state index contributed by atoms with van der Waals surface area (Å²) in [7, 11) is 1.95. The first-order valence-corrected chi connectivity index (χ1v) is 10.5. The number of benzene rings is 2. The number of carbonyl (C=O) groups is 1. The summed E-state index contributed by atoms with van der Waals surface area (Å²) in [5.74, 6) is -0.0679. The van der Waals surface area contributed by atoms with E-state index in [1.807, 2.05) is 90.9 Å². The first-order chi connectivity index (χ1) is 14.5. The van der Waals surface area contributed by atoms with E-state index >= 15 is 0 Å². The van der Waals surface area contributed by atoms with Gasteiger partial charge in [0.05, 0.1) is 23.5 Å². The summed E-state index contributed by atoms with van der Waals surface area (Å²) in [6, 6.07) is 17.7. The van der Waals surface area contributed by atoms with Crippen LogP contribution in [0.1, 0.15) is 17.0 Å². The minimum absolute atomic E-state index is 0.0679. The first-order valence-electron chi connectivity index (χ1n) is 9.67. The van der Waals surface area contributed by atoms with E-state index in [0.29, 0.717) is 0 Å². The van der Waals surface area contributed by atoms with E-state index in [9.17, 15) is 4.79 Å². The second-order valence-electron chi connectivity index (χ2n) is 7.04. The Morgan fingerprint density at radius 2 is 1.80 bits per heavy atom. The van der Waals surface area contributed by atoms with Gasteiger partial charge in [-0.1, -0.05) is 30.3 Å². The summed E-state index contributed by atoms with van der Waals surface area (Å²) in [5.41, 5.74) is 4.56. The van der Waals surface area contributed by atoms with Gasteiger partial charge in [-0.05, 0) is 49.9 Å². The number of imidazole rings is 1. The van der Waals surface area contributed by atoms with Crippen LogP contribution >= 0.6 is 11.8 Å². The predicted molar refractivity (Wildman–Crippen MR) is 119 cm³/mol. The van der Waals surface area contributed by atoms with E-state index in [4.69, 9.17) is 0 Å². The van der Waals surface area contributed by atoms with Crippen molar-refractivity contribution in [2.24, 2.45) is 7.05 Å². The summed E-state index contributed by atoms with van der Waals surface area (Å²) in [5, 5.41) is 8.57. The molecular weight excluding hydrogens is 394 g/mol. The fourth-order valence-electron chi connectivity index (χ4n) is 3.31. The predicted octanol–water partition coefficient (Wildman–Crippen LogP) is 4.56. The number of hydrogen-bond donors (Lipinski definition) is 1. The van der Waals surface area contributed by atoms with Crippen molar-refractivity contribution in [3.05, 3.63) is 83.9 Å². The van der Waals surface area contributed by atoms with Crippen LogP contribution in [-0.2, 0) is 18.3 Å². The monoisotopic (exact) mass is 417 g/mol. The number of nitrogens with zero attached hydrogens (tertiary/aromatic N) is 4. The van der Waals surface area contributed by atoms with Gasteiger partial charge in [-0.15, -0.1) is 0 Å². The Hall–Kier alpha value is -3.32. The van der Waals surface area contributed by atoms with Gasteiger partial charge in [0.1, 0.15) is 0 Å². The molecule has 0 fully saturated rings. The third-order valence-corrected chi connectivity index (χ3v) is 6.07. The molecule has 0 aliphatic carbocycles. The van der Waals surface area contributed by atoms with Crippen LogP contribution in [0, 0.1) is 13.8 Å². The lowest BCUT2D eigenvalue weighted by Gasteiger charge is -2.11. The molecule has 0 saturated heterocycles. The third-order valence-electron chi connectivity index (χ3n) is 4.92. The summed E-state index contributed by atoms with van der Waals surface area (Å²) in [6.07, 6.45) is 3.94. The number of nitrogens with one attached hydrogen (secondary N) is 1. The largest absolute Gasteiger partial charge is 0.329 e. The molecule has 7 heteroatoms. The minimum Gasteiger partial charge on any atom is -0.329 e. The smallest absolute Gasteiger partial charge is 0.228 e. The molecule has 0 radical (unpaired) electrons. The molecule has 0 unspecified atom stereocenters. The average Bonchev–Trinajstić information content (AvgIpc) is 3.27. The van der Waals surface area contributed by atoms with Gasteiger partial charge in [0.15, 0.2) is 5.16 Å². The van der Waals surface area contributed by atoms with Crippen molar-refractivity contribution < 1.29 is 4.79 Å². The molecule has 0 bridgehead atoms. The summed E-state index contributed by atoms with van der Waals surface area (Å²) in [4.78, 5) is 18.2. The van der Waals surface area contributed by atoms with Gasteiger partial charge in [0, 0.05) is 35.6 Å². The first kappa shape index (κ1) is 20.0. The van der Waals surface area contributed by atoms with Crippen LogP contribution in [0.25, 0.3) is 5.69 Å². The number of aromatic nitrogens is 4. The fourth-order valence-corrected chi connectivity index (χ4v) is 4.20. The Bertz CT molecular complexity index is 1180. The molecule has 0 aliphatic heterocycles. The van der Waals surface area contributed by atoms with Crippen molar-refractivity contribution in [3.8, 4) is 5.69 Å². The number of hydrogen-bond acceptors (Lipinski definition) is 4.